The molecule has 8 heteroatoms. The van der Waals surface area contributed by atoms with Crippen molar-refractivity contribution in [2.75, 3.05) is 32.4 Å². The highest BCUT2D eigenvalue weighted by molar-refractivity contribution is 7.89. The highest BCUT2D eigenvalue weighted by Crippen LogP contribution is 2.25. The topological polar surface area (TPSA) is 49.4 Å². The van der Waals surface area contributed by atoms with Gasteiger partial charge in [-0.1, -0.05) is 0 Å². The van der Waals surface area contributed by atoms with Crippen molar-refractivity contribution in [2.24, 2.45) is 5.92 Å². The normalized spacial score (nSPS) is 19.4. The molecule has 120 valence electrons. The number of halogens is 3. The first kappa shape index (κ1) is 17.7. The molecule has 0 atom stereocenters. The van der Waals surface area contributed by atoms with Crippen molar-refractivity contribution < 1.29 is 21.6 Å². The first-order valence-corrected chi connectivity index (χ1v) is 8.55. The largest absolute Gasteiger partial charge is 0.389 e. The minimum absolute atomic E-state index is 0.356. The fourth-order valence-electron chi connectivity index (χ4n) is 2.41. The number of hydrogen-bond acceptors (Lipinski definition) is 3. The van der Waals surface area contributed by atoms with Gasteiger partial charge >= 0.3 is 6.18 Å². The van der Waals surface area contributed by atoms with Crippen LogP contribution in [0.25, 0.3) is 0 Å². The maximum atomic E-state index is 12.0. The van der Waals surface area contributed by atoms with Crippen LogP contribution in [0.3, 0.4) is 0 Å². The van der Waals surface area contributed by atoms with E-state index < -0.39 is 28.4 Å². The summed E-state index contributed by atoms with van der Waals surface area (Å²) in [7, 11) is -1.66. The van der Waals surface area contributed by atoms with Crippen LogP contribution in [0.15, 0.2) is 0 Å². The second kappa shape index (κ2) is 7.61. The maximum absolute atomic E-state index is 12.0. The number of hydrogen-bond donors (Lipinski definition) is 1. The molecule has 0 aromatic rings. The van der Waals surface area contributed by atoms with Crippen LogP contribution in [-0.2, 0) is 10.0 Å². The quantitative estimate of drug-likeness (QED) is 0.781. The zero-order valence-electron chi connectivity index (χ0n) is 11.7. The van der Waals surface area contributed by atoms with Gasteiger partial charge in [0.05, 0.1) is 5.75 Å². The molecule has 4 nitrogen and oxygen atoms in total. The van der Waals surface area contributed by atoms with Gasteiger partial charge in [-0.2, -0.15) is 13.2 Å². The van der Waals surface area contributed by atoms with Crippen LogP contribution in [0.4, 0.5) is 13.2 Å². The van der Waals surface area contributed by atoms with Crippen LogP contribution in [0.5, 0.6) is 0 Å². The lowest BCUT2D eigenvalue weighted by Gasteiger charge is -2.31. The fourth-order valence-corrected chi connectivity index (χ4v) is 3.94. The van der Waals surface area contributed by atoms with Crippen LogP contribution < -0.4 is 5.32 Å². The molecule has 0 amide bonds. The summed E-state index contributed by atoms with van der Waals surface area (Å²) < 4.78 is 61.3. The fraction of sp³-hybridized carbons (Fsp3) is 1.00. The summed E-state index contributed by atoms with van der Waals surface area (Å²) in [6.07, 6.45) is -3.08. The lowest BCUT2D eigenvalue weighted by Crippen LogP contribution is -2.40. The van der Waals surface area contributed by atoms with E-state index in [0.29, 0.717) is 19.0 Å². The Balaban J connectivity index is 2.35. The Kier molecular flexibility index (Phi) is 6.74. The zero-order valence-corrected chi connectivity index (χ0v) is 12.6. The summed E-state index contributed by atoms with van der Waals surface area (Å²) in [5, 5.41) is 3.06. The van der Waals surface area contributed by atoms with Crippen molar-refractivity contribution in [3.63, 3.8) is 0 Å². The molecule has 0 aromatic carbocycles. The van der Waals surface area contributed by atoms with E-state index in [9.17, 15) is 21.6 Å². The van der Waals surface area contributed by atoms with Gasteiger partial charge in [-0.15, -0.1) is 0 Å². The molecule has 1 aliphatic rings. The lowest BCUT2D eigenvalue weighted by molar-refractivity contribution is -0.134. The molecule has 0 spiro atoms. The van der Waals surface area contributed by atoms with Gasteiger partial charge in [0.1, 0.15) is 0 Å². The van der Waals surface area contributed by atoms with Gasteiger partial charge in [0.25, 0.3) is 0 Å². The summed E-state index contributed by atoms with van der Waals surface area (Å²) >= 11 is 0. The van der Waals surface area contributed by atoms with Crippen LogP contribution in [0.2, 0.25) is 0 Å². The molecule has 20 heavy (non-hydrogen) atoms. The summed E-state index contributed by atoms with van der Waals surface area (Å²) in [5.41, 5.74) is 0. The molecule has 1 aliphatic heterocycles. The molecule has 0 unspecified atom stereocenters. The van der Waals surface area contributed by atoms with Crippen molar-refractivity contribution in [3.8, 4) is 0 Å². The molecule has 1 N–H and O–H groups in total. The second-order valence-electron chi connectivity index (χ2n) is 5.27. The summed E-state index contributed by atoms with van der Waals surface area (Å²) in [6, 6.07) is 0. The molecular formula is C12H23F3N2O2S. The van der Waals surface area contributed by atoms with Gasteiger partial charge in [0.2, 0.25) is 10.0 Å². The van der Waals surface area contributed by atoms with E-state index in [0.717, 1.165) is 25.8 Å². The Hall–Kier alpha value is -0.340. The van der Waals surface area contributed by atoms with Crippen molar-refractivity contribution in [1.29, 1.82) is 0 Å². The average Bonchev–Trinajstić information content (AvgIpc) is 2.35. The van der Waals surface area contributed by atoms with Crippen LogP contribution in [-0.4, -0.2) is 51.3 Å². The predicted molar refractivity (Wildman–Crippen MR) is 71.9 cm³/mol. The number of nitrogens with zero attached hydrogens (tertiary/aromatic N) is 1. The minimum atomic E-state index is -4.28. The van der Waals surface area contributed by atoms with Gasteiger partial charge < -0.3 is 5.32 Å². The molecule has 0 aliphatic carbocycles. The molecular weight excluding hydrogens is 293 g/mol. The van der Waals surface area contributed by atoms with Crippen LogP contribution in [0, 0.1) is 5.92 Å². The van der Waals surface area contributed by atoms with Gasteiger partial charge in [-0.05, 0) is 45.2 Å². The monoisotopic (exact) mass is 316 g/mol. The van der Waals surface area contributed by atoms with Gasteiger partial charge in [0.15, 0.2) is 0 Å². The number of rotatable bonds is 7. The van der Waals surface area contributed by atoms with Crippen molar-refractivity contribution in [1.82, 2.24) is 9.62 Å². The number of piperidine rings is 1. The smallest absolute Gasteiger partial charge is 0.320 e. The van der Waals surface area contributed by atoms with E-state index >= 15 is 0 Å². The molecule has 1 heterocycles. The summed E-state index contributed by atoms with van der Waals surface area (Å²) in [4.78, 5) is 0. The Morgan fingerprint density at radius 3 is 2.35 bits per heavy atom. The zero-order chi connectivity index (χ0) is 15.2. The first-order chi connectivity index (χ1) is 9.24. The van der Waals surface area contributed by atoms with Gasteiger partial charge in [-0.25, -0.2) is 12.7 Å². The van der Waals surface area contributed by atoms with E-state index in [2.05, 4.69) is 5.32 Å². The van der Waals surface area contributed by atoms with Crippen molar-refractivity contribution in [2.45, 2.75) is 38.3 Å². The van der Waals surface area contributed by atoms with E-state index in [1.807, 2.05) is 7.05 Å². The standard InChI is InChI=1S/C12H23F3N2O2S/c1-16-7-3-11-4-8-17(9-5-11)20(18,19)10-2-6-12(13,14)15/h11,16H,2-10H2,1H3. The predicted octanol–water partition coefficient (Wildman–Crippen LogP) is 1.98. The first-order valence-electron chi connectivity index (χ1n) is 6.94. The van der Waals surface area contributed by atoms with E-state index in [-0.39, 0.29) is 6.42 Å². The van der Waals surface area contributed by atoms with Gasteiger partial charge in [-0.3, -0.25) is 0 Å². The Bertz CT molecular complexity index is 377. The third kappa shape index (κ3) is 6.41. The molecule has 0 aromatic heterocycles. The Morgan fingerprint density at radius 1 is 1.25 bits per heavy atom. The lowest BCUT2D eigenvalue weighted by atomic mass is 9.95. The summed E-state index contributed by atoms with van der Waals surface area (Å²) in [5.74, 6) is 0.0947. The summed E-state index contributed by atoms with van der Waals surface area (Å²) in [6.45, 7) is 1.77. The molecule has 0 radical (unpaired) electrons. The third-order valence-corrected chi connectivity index (χ3v) is 5.59. The Labute approximate surface area is 118 Å². The van der Waals surface area contributed by atoms with Crippen LogP contribution in [0.1, 0.15) is 32.1 Å². The van der Waals surface area contributed by atoms with E-state index in [1.54, 1.807) is 0 Å². The minimum Gasteiger partial charge on any atom is -0.320 e. The van der Waals surface area contributed by atoms with Crippen LogP contribution >= 0.6 is 0 Å². The molecule has 1 fully saturated rings. The van der Waals surface area contributed by atoms with Crippen molar-refractivity contribution in [3.05, 3.63) is 0 Å². The molecule has 1 saturated heterocycles. The van der Waals surface area contributed by atoms with Gasteiger partial charge in [0, 0.05) is 19.5 Å². The SMILES string of the molecule is CNCCC1CCN(S(=O)(=O)CCCC(F)(F)F)CC1. The third-order valence-electron chi connectivity index (χ3n) is 3.63. The Morgan fingerprint density at radius 2 is 1.85 bits per heavy atom. The maximum Gasteiger partial charge on any atom is 0.389 e. The highest BCUT2D eigenvalue weighted by atomic mass is 32.2. The van der Waals surface area contributed by atoms with E-state index in [1.165, 1.54) is 4.31 Å². The number of nitrogens with one attached hydrogen (secondary N) is 1. The van der Waals surface area contributed by atoms with E-state index in [4.69, 9.17) is 0 Å². The molecule has 0 bridgehead atoms. The van der Waals surface area contributed by atoms with Crippen molar-refractivity contribution >= 4 is 10.0 Å². The highest BCUT2D eigenvalue weighted by Gasteiger charge is 2.30. The average molecular weight is 316 g/mol. The molecule has 1 rings (SSSR count). The molecule has 0 saturated carbocycles. The second-order valence-corrected chi connectivity index (χ2v) is 7.36. The number of alkyl halides is 3. The number of sulfonamides is 1.